The summed E-state index contributed by atoms with van der Waals surface area (Å²) < 4.78 is 1.85. The molecule has 60 valence electrons. The van der Waals surface area contributed by atoms with Crippen LogP contribution in [0.3, 0.4) is 0 Å². The van der Waals surface area contributed by atoms with E-state index < -0.39 is 0 Å². The van der Waals surface area contributed by atoms with Gasteiger partial charge in [-0.2, -0.15) is 0 Å². The fraction of sp³-hybridized carbons (Fsp3) is 0.833. The normalized spacial score (nSPS) is 10.4. The van der Waals surface area contributed by atoms with Crippen molar-refractivity contribution in [2.75, 3.05) is 26.0 Å². The summed E-state index contributed by atoms with van der Waals surface area (Å²) >= 11 is 1.43. The van der Waals surface area contributed by atoms with Gasteiger partial charge in [-0.05, 0) is 14.0 Å². The van der Waals surface area contributed by atoms with Crippen molar-refractivity contribution in [2.45, 2.75) is 6.92 Å². The molecule has 0 aromatic rings. The highest BCUT2D eigenvalue weighted by Crippen LogP contribution is 2.04. The molecule has 0 saturated heterocycles. The number of ketones is 1. The first-order valence-electron chi connectivity index (χ1n) is 3.11. The van der Waals surface area contributed by atoms with Crippen LogP contribution in [0.2, 0.25) is 0 Å². The molecule has 0 bridgehead atoms. The SMILES string of the molecule is CC(=O)CSN(C)CCO. The van der Waals surface area contributed by atoms with E-state index in [4.69, 9.17) is 5.11 Å². The minimum absolute atomic E-state index is 0.140. The third kappa shape index (κ3) is 6.07. The molecule has 0 aliphatic carbocycles. The summed E-state index contributed by atoms with van der Waals surface area (Å²) in [6.45, 7) is 2.30. The average Bonchev–Trinajstić information content (AvgIpc) is 1.85. The van der Waals surface area contributed by atoms with Crippen LogP contribution >= 0.6 is 11.9 Å². The van der Waals surface area contributed by atoms with Crippen molar-refractivity contribution in [3.05, 3.63) is 0 Å². The lowest BCUT2D eigenvalue weighted by Gasteiger charge is -2.11. The van der Waals surface area contributed by atoms with E-state index in [2.05, 4.69) is 0 Å². The molecule has 0 amide bonds. The second kappa shape index (κ2) is 5.70. The van der Waals surface area contributed by atoms with Crippen molar-refractivity contribution >= 4 is 17.7 Å². The van der Waals surface area contributed by atoms with Gasteiger partial charge in [0, 0.05) is 6.54 Å². The van der Waals surface area contributed by atoms with Crippen molar-refractivity contribution in [1.82, 2.24) is 4.31 Å². The molecule has 0 atom stereocenters. The first-order chi connectivity index (χ1) is 4.66. The van der Waals surface area contributed by atoms with E-state index in [9.17, 15) is 4.79 Å². The highest BCUT2D eigenvalue weighted by Gasteiger charge is 1.98. The quantitative estimate of drug-likeness (QED) is 0.586. The zero-order valence-electron chi connectivity index (χ0n) is 6.33. The van der Waals surface area contributed by atoms with Crippen LogP contribution in [0.4, 0.5) is 0 Å². The van der Waals surface area contributed by atoms with Crippen LogP contribution in [0.5, 0.6) is 0 Å². The number of carbonyl (C=O) groups excluding carboxylic acids is 1. The Bertz CT molecular complexity index is 108. The summed E-state index contributed by atoms with van der Waals surface area (Å²) in [4.78, 5) is 10.4. The van der Waals surface area contributed by atoms with E-state index in [1.807, 2.05) is 11.4 Å². The first kappa shape index (κ1) is 9.94. The molecule has 0 spiro atoms. The van der Waals surface area contributed by atoms with Gasteiger partial charge in [0.25, 0.3) is 0 Å². The van der Waals surface area contributed by atoms with Gasteiger partial charge in [-0.1, -0.05) is 11.9 Å². The molecule has 10 heavy (non-hydrogen) atoms. The molecule has 0 aliphatic rings. The van der Waals surface area contributed by atoms with Crippen LogP contribution in [0.15, 0.2) is 0 Å². The molecule has 0 aromatic heterocycles. The van der Waals surface area contributed by atoms with Crippen LogP contribution in [0.1, 0.15) is 6.92 Å². The summed E-state index contributed by atoms with van der Waals surface area (Å²) in [7, 11) is 1.85. The average molecular weight is 163 g/mol. The van der Waals surface area contributed by atoms with Crippen molar-refractivity contribution in [3.63, 3.8) is 0 Å². The Kier molecular flexibility index (Phi) is 5.67. The van der Waals surface area contributed by atoms with E-state index in [1.54, 1.807) is 6.92 Å². The van der Waals surface area contributed by atoms with Crippen LogP contribution in [-0.2, 0) is 4.79 Å². The van der Waals surface area contributed by atoms with Gasteiger partial charge < -0.3 is 5.11 Å². The number of likely N-dealkylation sites (N-methyl/N-ethyl adjacent to an activating group) is 1. The Balaban J connectivity index is 3.21. The number of Topliss-reactive ketones (excluding diaryl/α,β-unsaturated/α-hetero) is 1. The zero-order chi connectivity index (χ0) is 7.98. The smallest absolute Gasteiger partial charge is 0.141 e. The maximum absolute atomic E-state index is 10.4. The zero-order valence-corrected chi connectivity index (χ0v) is 7.15. The number of aliphatic hydroxyl groups is 1. The monoisotopic (exact) mass is 163 g/mol. The van der Waals surface area contributed by atoms with Gasteiger partial charge in [0.2, 0.25) is 0 Å². The third-order valence-electron chi connectivity index (χ3n) is 0.903. The number of rotatable bonds is 5. The maximum atomic E-state index is 10.4. The molecule has 0 unspecified atom stereocenters. The van der Waals surface area contributed by atoms with E-state index >= 15 is 0 Å². The Hall–Kier alpha value is -0.0600. The van der Waals surface area contributed by atoms with Crippen LogP contribution in [0.25, 0.3) is 0 Å². The predicted molar refractivity (Wildman–Crippen MR) is 42.9 cm³/mol. The van der Waals surface area contributed by atoms with Crippen LogP contribution in [-0.4, -0.2) is 41.1 Å². The second-order valence-electron chi connectivity index (χ2n) is 2.05. The third-order valence-corrected chi connectivity index (χ3v) is 2.06. The summed E-state index contributed by atoms with van der Waals surface area (Å²) in [5.41, 5.74) is 0. The van der Waals surface area contributed by atoms with Gasteiger partial charge in [0.1, 0.15) is 5.78 Å². The minimum atomic E-state index is 0.140. The summed E-state index contributed by atoms with van der Waals surface area (Å²) in [5.74, 6) is 0.658. The van der Waals surface area contributed by atoms with Crippen molar-refractivity contribution in [1.29, 1.82) is 0 Å². The highest BCUT2D eigenvalue weighted by atomic mass is 32.2. The number of hydrogen-bond acceptors (Lipinski definition) is 4. The Morgan fingerprint density at radius 2 is 2.30 bits per heavy atom. The number of aliphatic hydroxyl groups excluding tert-OH is 1. The van der Waals surface area contributed by atoms with Crippen molar-refractivity contribution in [2.24, 2.45) is 0 Å². The lowest BCUT2D eigenvalue weighted by Crippen LogP contribution is -2.16. The molecule has 0 fully saturated rings. The fourth-order valence-electron chi connectivity index (χ4n) is 0.406. The summed E-state index contributed by atoms with van der Waals surface area (Å²) in [6, 6.07) is 0. The molecule has 0 heterocycles. The lowest BCUT2D eigenvalue weighted by molar-refractivity contribution is -0.114. The first-order valence-corrected chi connectivity index (χ1v) is 4.05. The lowest BCUT2D eigenvalue weighted by atomic mass is 10.5. The van der Waals surface area contributed by atoms with Gasteiger partial charge in [0.05, 0.1) is 12.4 Å². The largest absolute Gasteiger partial charge is 0.395 e. The van der Waals surface area contributed by atoms with Gasteiger partial charge in [-0.25, -0.2) is 0 Å². The second-order valence-corrected chi connectivity index (χ2v) is 3.22. The van der Waals surface area contributed by atoms with E-state index in [0.717, 1.165) is 0 Å². The number of carbonyl (C=O) groups is 1. The Morgan fingerprint density at radius 3 is 2.70 bits per heavy atom. The van der Waals surface area contributed by atoms with Gasteiger partial charge >= 0.3 is 0 Å². The van der Waals surface area contributed by atoms with Crippen LogP contribution in [0, 0.1) is 0 Å². The van der Waals surface area contributed by atoms with E-state index in [-0.39, 0.29) is 12.4 Å². The molecular formula is C6H13NO2S. The number of hydrogen-bond donors (Lipinski definition) is 1. The van der Waals surface area contributed by atoms with Crippen LogP contribution < -0.4 is 0 Å². The van der Waals surface area contributed by atoms with E-state index in [0.29, 0.717) is 12.3 Å². The summed E-state index contributed by atoms with van der Waals surface area (Å²) in [6.07, 6.45) is 0. The Morgan fingerprint density at radius 1 is 1.70 bits per heavy atom. The van der Waals surface area contributed by atoms with Crippen molar-refractivity contribution in [3.8, 4) is 0 Å². The van der Waals surface area contributed by atoms with E-state index in [1.165, 1.54) is 11.9 Å². The molecule has 0 aromatic carbocycles. The van der Waals surface area contributed by atoms with Gasteiger partial charge in [-0.3, -0.25) is 9.10 Å². The molecule has 0 saturated carbocycles. The molecule has 0 rings (SSSR count). The maximum Gasteiger partial charge on any atom is 0.141 e. The van der Waals surface area contributed by atoms with Crippen molar-refractivity contribution < 1.29 is 9.90 Å². The highest BCUT2D eigenvalue weighted by molar-refractivity contribution is 7.97. The number of nitrogens with zero attached hydrogens (tertiary/aromatic N) is 1. The molecule has 4 heteroatoms. The Labute approximate surface area is 65.5 Å². The fourth-order valence-corrected chi connectivity index (χ4v) is 1.02. The van der Waals surface area contributed by atoms with Gasteiger partial charge in [-0.15, -0.1) is 0 Å². The molecule has 1 N–H and O–H groups in total. The molecule has 0 radical (unpaired) electrons. The summed E-state index contributed by atoms with van der Waals surface area (Å²) in [5, 5.41) is 8.46. The van der Waals surface area contributed by atoms with Gasteiger partial charge in [0.15, 0.2) is 0 Å². The standard InChI is InChI=1S/C6H13NO2S/c1-6(9)5-10-7(2)3-4-8/h8H,3-5H2,1-2H3. The molecular weight excluding hydrogens is 150 g/mol. The predicted octanol–water partition coefficient (Wildman–Crippen LogP) is 0.148. The minimum Gasteiger partial charge on any atom is -0.395 e. The molecule has 3 nitrogen and oxygen atoms in total. The molecule has 0 aliphatic heterocycles. The topological polar surface area (TPSA) is 40.5 Å².